The smallest absolute Gasteiger partial charge is 0.246 e. The summed E-state index contributed by atoms with van der Waals surface area (Å²) in [7, 11) is 1.60. The summed E-state index contributed by atoms with van der Waals surface area (Å²) in [4.78, 5) is 16.8. The monoisotopic (exact) mass is 386 g/mol. The number of carbonyl (C=O) groups excluding carboxylic acids is 1. The first-order chi connectivity index (χ1) is 13.7. The summed E-state index contributed by atoms with van der Waals surface area (Å²) < 4.78 is 16.6. The van der Waals surface area contributed by atoms with Gasteiger partial charge in [0.05, 0.1) is 13.2 Å². The van der Waals surface area contributed by atoms with Crippen molar-refractivity contribution in [3.8, 4) is 11.5 Å². The minimum atomic E-state index is 0.0442. The van der Waals surface area contributed by atoms with Crippen LogP contribution in [0.3, 0.4) is 0 Å². The molecule has 0 aliphatic carbocycles. The lowest BCUT2D eigenvalue weighted by Gasteiger charge is -2.35. The molecule has 3 rings (SSSR count). The number of hydrogen-bond acceptors (Lipinski definition) is 5. The third kappa shape index (κ3) is 5.59. The van der Waals surface area contributed by atoms with Crippen LogP contribution in [0.5, 0.6) is 11.5 Å². The SMILES string of the molecule is C=CCOc1ccc(C=CC(=O)N2CCN(CC3CCCO3)CC2)cc1OC. The van der Waals surface area contributed by atoms with E-state index < -0.39 is 0 Å². The highest BCUT2D eigenvalue weighted by atomic mass is 16.5. The fourth-order valence-electron chi connectivity index (χ4n) is 3.56. The summed E-state index contributed by atoms with van der Waals surface area (Å²) >= 11 is 0. The average Bonchev–Trinajstić information content (AvgIpc) is 3.24. The van der Waals surface area contributed by atoms with Gasteiger partial charge in [-0.1, -0.05) is 18.7 Å². The number of nitrogens with zero attached hydrogens (tertiary/aromatic N) is 2. The zero-order chi connectivity index (χ0) is 19.8. The Morgan fingerprint density at radius 2 is 2.11 bits per heavy atom. The molecule has 28 heavy (non-hydrogen) atoms. The van der Waals surface area contributed by atoms with Crippen molar-refractivity contribution < 1.29 is 19.0 Å². The molecule has 6 heteroatoms. The van der Waals surface area contributed by atoms with E-state index in [4.69, 9.17) is 14.2 Å². The number of rotatable bonds is 8. The molecule has 0 N–H and O–H groups in total. The molecule has 0 radical (unpaired) electrons. The van der Waals surface area contributed by atoms with Gasteiger partial charge in [-0.3, -0.25) is 9.69 Å². The Bertz CT molecular complexity index is 690. The fraction of sp³-hybridized carbons (Fsp3) is 0.500. The van der Waals surface area contributed by atoms with Crippen LogP contribution in [-0.4, -0.2) is 74.9 Å². The highest BCUT2D eigenvalue weighted by Crippen LogP contribution is 2.28. The molecular weight excluding hydrogens is 356 g/mol. The van der Waals surface area contributed by atoms with Gasteiger partial charge in [0.1, 0.15) is 6.61 Å². The Morgan fingerprint density at radius 1 is 1.29 bits per heavy atom. The van der Waals surface area contributed by atoms with Crippen LogP contribution >= 0.6 is 0 Å². The van der Waals surface area contributed by atoms with Crippen LogP contribution in [0.25, 0.3) is 6.08 Å². The van der Waals surface area contributed by atoms with E-state index in [0.717, 1.165) is 51.3 Å². The number of amides is 1. The molecule has 2 heterocycles. The van der Waals surface area contributed by atoms with Crippen molar-refractivity contribution in [3.05, 3.63) is 42.5 Å². The standard InChI is InChI=1S/C22H30N2O4/c1-3-14-28-20-8-6-18(16-21(20)26-2)7-9-22(25)24-12-10-23(11-13-24)17-19-5-4-15-27-19/h3,6-9,16,19H,1,4-5,10-15,17H2,2H3. The zero-order valence-electron chi connectivity index (χ0n) is 16.6. The minimum Gasteiger partial charge on any atom is -0.493 e. The quantitative estimate of drug-likeness (QED) is 0.508. The van der Waals surface area contributed by atoms with Crippen molar-refractivity contribution >= 4 is 12.0 Å². The second-order valence-corrected chi connectivity index (χ2v) is 7.10. The molecule has 2 fully saturated rings. The lowest BCUT2D eigenvalue weighted by molar-refractivity contribution is -0.127. The molecule has 0 bridgehead atoms. The molecule has 1 aromatic rings. The molecule has 1 unspecified atom stereocenters. The van der Waals surface area contributed by atoms with Gasteiger partial charge in [0.25, 0.3) is 0 Å². The summed E-state index contributed by atoms with van der Waals surface area (Å²) in [5, 5.41) is 0. The van der Waals surface area contributed by atoms with Crippen LogP contribution in [0.15, 0.2) is 36.9 Å². The summed E-state index contributed by atoms with van der Waals surface area (Å²) in [6, 6.07) is 5.61. The topological polar surface area (TPSA) is 51.2 Å². The lowest BCUT2D eigenvalue weighted by Crippen LogP contribution is -2.50. The van der Waals surface area contributed by atoms with Crippen LogP contribution in [0, 0.1) is 0 Å². The lowest BCUT2D eigenvalue weighted by atomic mass is 10.1. The maximum atomic E-state index is 12.5. The number of benzene rings is 1. The Morgan fingerprint density at radius 3 is 2.79 bits per heavy atom. The second kappa shape index (κ2) is 10.3. The van der Waals surface area contributed by atoms with Gasteiger partial charge in [-0.15, -0.1) is 0 Å². The third-order valence-electron chi connectivity index (χ3n) is 5.13. The van der Waals surface area contributed by atoms with Crippen LogP contribution < -0.4 is 9.47 Å². The molecule has 1 amide bonds. The Hall–Kier alpha value is -2.31. The van der Waals surface area contributed by atoms with Gasteiger partial charge in [0.2, 0.25) is 5.91 Å². The van der Waals surface area contributed by atoms with E-state index >= 15 is 0 Å². The van der Waals surface area contributed by atoms with Gasteiger partial charge in [0.15, 0.2) is 11.5 Å². The maximum absolute atomic E-state index is 12.5. The van der Waals surface area contributed by atoms with Crippen LogP contribution in [0.1, 0.15) is 18.4 Å². The van der Waals surface area contributed by atoms with E-state index in [9.17, 15) is 4.79 Å². The number of hydrogen-bond donors (Lipinski definition) is 0. The molecule has 2 aliphatic rings. The zero-order valence-corrected chi connectivity index (χ0v) is 16.6. The van der Waals surface area contributed by atoms with Crippen molar-refractivity contribution in [2.75, 3.05) is 53.0 Å². The predicted molar refractivity (Wildman–Crippen MR) is 110 cm³/mol. The predicted octanol–water partition coefficient (Wildman–Crippen LogP) is 2.60. The highest BCUT2D eigenvalue weighted by Gasteiger charge is 2.24. The molecule has 2 saturated heterocycles. The highest BCUT2D eigenvalue weighted by molar-refractivity contribution is 5.92. The summed E-state index contributed by atoms with van der Waals surface area (Å²) in [5.74, 6) is 1.34. The molecule has 1 aromatic carbocycles. The third-order valence-corrected chi connectivity index (χ3v) is 5.13. The van der Waals surface area contributed by atoms with Gasteiger partial charge < -0.3 is 19.1 Å². The largest absolute Gasteiger partial charge is 0.493 e. The van der Waals surface area contributed by atoms with E-state index in [-0.39, 0.29) is 5.91 Å². The van der Waals surface area contributed by atoms with Crippen molar-refractivity contribution in [2.24, 2.45) is 0 Å². The van der Waals surface area contributed by atoms with Crippen molar-refractivity contribution in [1.29, 1.82) is 0 Å². The molecule has 1 atom stereocenters. The molecule has 2 aliphatic heterocycles. The fourth-order valence-corrected chi connectivity index (χ4v) is 3.56. The van der Waals surface area contributed by atoms with E-state index in [2.05, 4.69) is 11.5 Å². The first-order valence-corrected chi connectivity index (χ1v) is 9.92. The summed E-state index contributed by atoms with van der Waals surface area (Å²) in [6.07, 6.45) is 7.83. The summed E-state index contributed by atoms with van der Waals surface area (Å²) in [5.41, 5.74) is 0.896. The second-order valence-electron chi connectivity index (χ2n) is 7.10. The molecule has 0 aromatic heterocycles. The normalized spacial score (nSPS) is 20.5. The Labute approximate surface area is 167 Å². The molecule has 152 valence electrons. The van der Waals surface area contributed by atoms with Crippen molar-refractivity contribution in [2.45, 2.75) is 18.9 Å². The van der Waals surface area contributed by atoms with Gasteiger partial charge in [-0.25, -0.2) is 0 Å². The Kier molecular flexibility index (Phi) is 7.51. The molecule has 6 nitrogen and oxygen atoms in total. The van der Waals surface area contributed by atoms with Crippen molar-refractivity contribution in [1.82, 2.24) is 9.80 Å². The maximum Gasteiger partial charge on any atom is 0.246 e. The number of piperazine rings is 1. The van der Waals surface area contributed by atoms with E-state index in [1.807, 2.05) is 29.2 Å². The number of methoxy groups -OCH3 is 1. The first kappa shape index (κ1) is 20.4. The summed E-state index contributed by atoms with van der Waals surface area (Å²) in [6.45, 7) is 9.26. The molecule has 0 saturated carbocycles. The van der Waals surface area contributed by atoms with Crippen LogP contribution in [0.2, 0.25) is 0 Å². The van der Waals surface area contributed by atoms with Gasteiger partial charge in [-0.05, 0) is 36.6 Å². The van der Waals surface area contributed by atoms with Gasteiger partial charge >= 0.3 is 0 Å². The van der Waals surface area contributed by atoms with Crippen LogP contribution in [0.4, 0.5) is 0 Å². The average molecular weight is 386 g/mol. The first-order valence-electron chi connectivity index (χ1n) is 9.92. The van der Waals surface area contributed by atoms with Gasteiger partial charge in [-0.2, -0.15) is 0 Å². The molecule has 0 spiro atoms. The number of ether oxygens (including phenoxy) is 3. The van der Waals surface area contributed by atoms with E-state index in [0.29, 0.717) is 24.2 Å². The van der Waals surface area contributed by atoms with Crippen LogP contribution in [-0.2, 0) is 9.53 Å². The van der Waals surface area contributed by atoms with E-state index in [1.165, 1.54) is 6.42 Å². The number of carbonyl (C=O) groups is 1. The van der Waals surface area contributed by atoms with Gasteiger partial charge in [0, 0.05) is 45.4 Å². The molecular formula is C22H30N2O4. The van der Waals surface area contributed by atoms with E-state index in [1.54, 1.807) is 19.3 Å². The van der Waals surface area contributed by atoms with Crippen molar-refractivity contribution in [3.63, 3.8) is 0 Å². The minimum absolute atomic E-state index is 0.0442. The Balaban J connectivity index is 1.50.